The fraction of sp³-hybridized carbons (Fsp3) is 0.919. The van der Waals surface area contributed by atoms with Crippen LogP contribution in [0.5, 0.6) is 0 Å². The van der Waals surface area contributed by atoms with Crippen LogP contribution in [0.3, 0.4) is 0 Å². The number of carbonyl (C=O) groups is 3. The van der Waals surface area contributed by atoms with E-state index < -0.39 is 71.9 Å². The highest BCUT2D eigenvalue weighted by molar-refractivity contribution is 5.78. The SMILES string of the molecule is CC(=O)O.CC(C)O[C@H](C)O.CC[C@H]1OC(=O)C(C)C[C@H](C)[C@@H](OC2CC(N(C)C)CC(C)O2)[C@](C)(OC)C[C@@H](C)C(=O)NC(C)C(O)[C@]1(C)O. The summed E-state index contributed by atoms with van der Waals surface area (Å²) in [5.74, 6) is -2.74. The van der Waals surface area contributed by atoms with Gasteiger partial charge in [-0.1, -0.05) is 27.7 Å². The van der Waals surface area contributed by atoms with Gasteiger partial charge in [0.1, 0.15) is 17.8 Å². The van der Waals surface area contributed by atoms with Crippen molar-refractivity contribution in [3.8, 4) is 0 Å². The number of esters is 1. The number of carboxylic acids is 1. The first kappa shape index (κ1) is 49.1. The van der Waals surface area contributed by atoms with Crippen molar-refractivity contribution in [3.63, 3.8) is 0 Å². The van der Waals surface area contributed by atoms with Gasteiger partial charge in [0.05, 0.1) is 35.9 Å². The Bertz CT molecular complexity index is 1030. The third-order valence-electron chi connectivity index (χ3n) is 9.55. The van der Waals surface area contributed by atoms with Crippen LogP contribution in [0.2, 0.25) is 0 Å². The molecule has 2 aliphatic rings. The number of rotatable bonds is 7. The monoisotopic (exact) mass is 737 g/mol. The number of aliphatic hydroxyl groups is 3. The summed E-state index contributed by atoms with van der Waals surface area (Å²) in [6.07, 6.45) is -1.11. The van der Waals surface area contributed by atoms with Crippen LogP contribution in [0.15, 0.2) is 0 Å². The van der Waals surface area contributed by atoms with Crippen LogP contribution in [0.1, 0.15) is 115 Å². The number of methoxy groups -OCH3 is 1. The molecule has 14 nitrogen and oxygen atoms in total. The number of hydrogen-bond acceptors (Lipinski definition) is 12. The molecule has 5 N–H and O–H groups in total. The van der Waals surface area contributed by atoms with Gasteiger partial charge in [0.15, 0.2) is 12.6 Å². The van der Waals surface area contributed by atoms with Crippen LogP contribution >= 0.6 is 0 Å². The molecule has 302 valence electrons. The Balaban J connectivity index is 0.00000196. The zero-order valence-electron chi connectivity index (χ0n) is 34.0. The maximum atomic E-state index is 13.3. The van der Waals surface area contributed by atoms with Crippen LogP contribution in [-0.2, 0) is 38.1 Å². The van der Waals surface area contributed by atoms with Gasteiger partial charge in [0.25, 0.3) is 5.97 Å². The molecule has 6 unspecified atom stereocenters. The molecule has 13 atom stereocenters. The van der Waals surface area contributed by atoms with Crippen molar-refractivity contribution in [2.45, 2.75) is 182 Å². The third-order valence-corrected chi connectivity index (χ3v) is 9.55. The Hall–Kier alpha value is -1.91. The van der Waals surface area contributed by atoms with Crippen molar-refractivity contribution in [2.24, 2.45) is 17.8 Å². The molecule has 0 radical (unpaired) electrons. The van der Waals surface area contributed by atoms with Gasteiger partial charge < -0.3 is 54.3 Å². The molecule has 2 heterocycles. The van der Waals surface area contributed by atoms with Gasteiger partial charge in [-0.3, -0.25) is 14.4 Å². The number of ether oxygens (including phenoxy) is 5. The lowest BCUT2D eigenvalue weighted by atomic mass is 9.79. The number of carboxylic acid groups (broad SMARTS) is 1. The fourth-order valence-electron chi connectivity index (χ4n) is 6.83. The molecular formula is C37H72N2O12. The molecule has 0 aromatic carbocycles. The standard InChI is InChI=1S/C30H56N2O8.C5H12O2.C2H4O2/c1-12-23-30(8,36)25(33)21(6)31-27(34)19(4)16-29(7,37-11)26(17(2)13-18(3)28(35)39-23)40-24-15-22(32(9)10)14-20(5)38-24;1-4(2)7-5(3)6;1-2(3)4/h17-26,33,36H,12-16H2,1-11H3,(H,31,34);4-6H,1-3H3;1H3,(H,3,4)/t17-,18?,19+,20?,21?,22?,23+,24?,25?,26+,29+,30+;5-;/m01./s1. The smallest absolute Gasteiger partial charge is 0.309 e. The summed E-state index contributed by atoms with van der Waals surface area (Å²) >= 11 is 0. The summed E-state index contributed by atoms with van der Waals surface area (Å²) in [6, 6.07) is -0.495. The third kappa shape index (κ3) is 16.8. The van der Waals surface area contributed by atoms with Crippen LogP contribution in [0.25, 0.3) is 0 Å². The summed E-state index contributed by atoms with van der Waals surface area (Å²) in [7, 11) is 5.72. The van der Waals surface area contributed by atoms with Crippen molar-refractivity contribution in [3.05, 3.63) is 0 Å². The number of carbonyl (C=O) groups excluding carboxylic acids is 2. The lowest BCUT2D eigenvalue weighted by Crippen LogP contribution is -2.59. The lowest BCUT2D eigenvalue weighted by molar-refractivity contribution is -0.265. The quantitative estimate of drug-likeness (QED) is 0.188. The molecule has 0 saturated carbocycles. The molecule has 2 rings (SSSR count). The number of cyclic esters (lactones) is 1. The minimum absolute atomic E-state index is 0.0165. The number of hydrogen-bond donors (Lipinski definition) is 5. The highest BCUT2D eigenvalue weighted by atomic mass is 16.7. The van der Waals surface area contributed by atoms with Gasteiger partial charge in [-0.2, -0.15) is 0 Å². The van der Waals surface area contributed by atoms with Gasteiger partial charge >= 0.3 is 5.97 Å². The Morgan fingerprint density at radius 3 is 2.02 bits per heavy atom. The normalized spacial score (nSPS) is 37.7. The zero-order valence-corrected chi connectivity index (χ0v) is 34.0. The molecule has 0 aromatic heterocycles. The molecule has 2 fully saturated rings. The number of nitrogens with one attached hydrogen (secondary N) is 1. The van der Waals surface area contributed by atoms with Crippen LogP contribution in [0, 0.1) is 17.8 Å². The lowest BCUT2D eigenvalue weighted by Gasteiger charge is -2.45. The predicted octanol–water partition coefficient (Wildman–Crippen LogP) is 3.71. The van der Waals surface area contributed by atoms with E-state index in [1.807, 2.05) is 41.5 Å². The first-order valence-corrected chi connectivity index (χ1v) is 18.3. The highest BCUT2D eigenvalue weighted by Crippen LogP contribution is 2.37. The highest BCUT2D eigenvalue weighted by Gasteiger charge is 2.47. The van der Waals surface area contributed by atoms with Gasteiger partial charge in [-0.15, -0.1) is 0 Å². The number of amides is 1. The van der Waals surface area contributed by atoms with Crippen molar-refractivity contribution in [1.82, 2.24) is 10.2 Å². The van der Waals surface area contributed by atoms with E-state index in [-0.39, 0.29) is 24.0 Å². The van der Waals surface area contributed by atoms with E-state index in [0.29, 0.717) is 31.7 Å². The van der Waals surface area contributed by atoms with Gasteiger partial charge in [-0.25, -0.2) is 0 Å². The molecule has 0 aromatic rings. The molecule has 14 heteroatoms. The van der Waals surface area contributed by atoms with E-state index in [4.69, 9.17) is 38.7 Å². The summed E-state index contributed by atoms with van der Waals surface area (Å²) in [4.78, 5) is 37.7. The first-order chi connectivity index (χ1) is 23.3. The molecule has 0 spiro atoms. The number of aliphatic carboxylic acids is 1. The molecular weight excluding hydrogens is 664 g/mol. The van der Waals surface area contributed by atoms with Crippen LogP contribution in [0.4, 0.5) is 0 Å². The van der Waals surface area contributed by atoms with E-state index in [1.54, 1.807) is 34.8 Å². The van der Waals surface area contributed by atoms with E-state index in [2.05, 4.69) is 24.3 Å². The maximum Gasteiger partial charge on any atom is 0.309 e. The van der Waals surface area contributed by atoms with E-state index >= 15 is 0 Å². The summed E-state index contributed by atoms with van der Waals surface area (Å²) < 4.78 is 29.6. The minimum Gasteiger partial charge on any atom is -0.481 e. The second kappa shape index (κ2) is 22.3. The van der Waals surface area contributed by atoms with Crippen molar-refractivity contribution in [2.75, 3.05) is 21.2 Å². The van der Waals surface area contributed by atoms with Gasteiger partial charge in [0.2, 0.25) is 5.91 Å². The van der Waals surface area contributed by atoms with Gasteiger partial charge in [0, 0.05) is 32.4 Å². The van der Waals surface area contributed by atoms with Crippen LogP contribution < -0.4 is 5.32 Å². The zero-order chi connectivity index (χ0) is 40.0. The Labute approximate surface area is 306 Å². The van der Waals surface area contributed by atoms with Gasteiger partial charge in [-0.05, 0) is 94.2 Å². The minimum atomic E-state index is -1.77. The van der Waals surface area contributed by atoms with E-state index in [0.717, 1.165) is 13.3 Å². The summed E-state index contributed by atoms with van der Waals surface area (Å²) in [5, 5.41) is 41.0. The Morgan fingerprint density at radius 2 is 1.59 bits per heavy atom. The topological polar surface area (TPSA) is 194 Å². The fourth-order valence-corrected chi connectivity index (χ4v) is 6.83. The summed E-state index contributed by atoms with van der Waals surface area (Å²) in [5.41, 5.74) is -2.66. The second-order valence-corrected chi connectivity index (χ2v) is 15.4. The van der Waals surface area contributed by atoms with Crippen LogP contribution in [-0.4, -0.2) is 131 Å². The predicted molar refractivity (Wildman–Crippen MR) is 194 cm³/mol. The molecule has 51 heavy (non-hydrogen) atoms. The Kier molecular flexibility index (Phi) is 21.5. The average Bonchev–Trinajstić information content (AvgIpc) is 3.00. The average molecular weight is 737 g/mol. The maximum absolute atomic E-state index is 13.3. The van der Waals surface area contributed by atoms with Crippen molar-refractivity contribution >= 4 is 17.8 Å². The van der Waals surface area contributed by atoms with E-state index in [9.17, 15) is 19.8 Å². The van der Waals surface area contributed by atoms with Crippen molar-refractivity contribution < 1.29 is 58.5 Å². The molecule has 2 saturated heterocycles. The first-order valence-electron chi connectivity index (χ1n) is 18.3. The molecule has 0 bridgehead atoms. The molecule has 2 aliphatic heterocycles. The second-order valence-electron chi connectivity index (χ2n) is 15.4. The largest absolute Gasteiger partial charge is 0.481 e. The number of nitrogens with zero attached hydrogens (tertiary/aromatic N) is 1. The Morgan fingerprint density at radius 1 is 1.04 bits per heavy atom. The van der Waals surface area contributed by atoms with Crippen molar-refractivity contribution in [1.29, 1.82) is 0 Å². The number of aliphatic hydroxyl groups excluding tert-OH is 2. The van der Waals surface area contributed by atoms with E-state index in [1.165, 1.54) is 6.92 Å². The summed E-state index contributed by atoms with van der Waals surface area (Å²) in [6.45, 7) is 20.9. The molecule has 0 aliphatic carbocycles. The molecule has 1 amide bonds.